The second-order valence-corrected chi connectivity index (χ2v) is 7.41. The molecule has 0 atom stereocenters. The highest BCUT2D eigenvalue weighted by molar-refractivity contribution is 7.53. The molecule has 1 aromatic rings. The maximum atomic E-state index is 12.3. The van der Waals surface area contributed by atoms with Crippen LogP contribution >= 0.6 is 7.60 Å². The first-order valence-electron chi connectivity index (χ1n) is 6.71. The summed E-state index contributed by atoms with van der Waals surface area (Å²) in [6, 6.07) is 0. The molecule has 0 aliphatic heterocycles. The van der Waals surface area contributed by atoms with Crippen molar-refractivity contribution in [2.75, 3.05) is 19.6 Å². The molecular formula is C13H24NO5P. The van der Waals surface area contributed by atoms with Crippen LogP contribution in [0.4, 0.5) is 0 Å². The van der Waals surface area contributed by atoms with E-state index in [0.717, 1.165) is 11.3 Å². The quantitative estimate of drug-likeness (QED) is 0.712. The molecule has 1 heterocycles. The standard InChI is InChI=1S/C13H24NO5P/c1-7-17-20(15,18-8-2)9-16-12-10(3)11(19-14-12)13(4,5)6/h7-9H2,1-6H3. The van der Waals surface area contributed by atoms with Gasteiger partial charge in [-0.3, -0.25) is 4.57 Å². The Hall–Kier alpha value is -0.840. The van der Waals surface area contributed by atoms with Crippen LogP contribution in [0.5, 0.6) is 5.88 Å². The summed E-state index contributed by atoms with van der Waals surface area (Å²) in [7, 11) is -3.24. The van der Waals surface area contributed by atoms with E-state index in [1.54, 1.807) is 13.8 Å². The van der Waals surface area contributed by atoms with Gasteiger partial charge < -0.3 is 18.3 Å². The molecule has 20 heavy (non-hydrogen) atoms. The molecule has 0 bridgehead atoms. The molecule has 0 aromatic carbocycles. The fourth-order valence-corrected chi connectivity index (χ4v) is 3.09. The highest BCUT2D eigenvalue weighted by Gasteiger charge is 2.28. The van der Waals surface area contributed by atoms with Crippen LogP contribution in [0, 0.1) is 6.92 Å². The number of hydrogen-bond acceptors (Lipinski definition) is 6. The van der Waals surface area contributed by atoms with E-state index in [9.17, 15) is 4.57 Å². The monoisotopic (exact) mass is 305 g/mol. The van der Waals surface area contributed by atoms with Crippen LogP contribution in [0.3, 0.4) is 0 Å². The number of nitrogens with zero attached hydrogens (tertiary/aromatic N) is 1. The van der Waals surface area contributed by atoms with Crippen molar-refractivity contribution >= 4 is 7.60 Å². The summed E-state index contributed by atoms with van der Waals surface area (Å²) >= 11 is 0. The van der Waals surface area contributed by atoms with Crippen molar-refractivity contribution in [2.45, 2.75) is 47.0 Å². The van der Waals surface area contributed by atoms with Crippen molar-refractivity contribution in [2.24, 2.45) is 0 Å². The molecule has 0 saturated carbocycles. The van der Waals surface area contributed by atoms with Gasteiger partial charge >= 0.3 is 7.60 Å². The van der Waals surface area contributed by atoms with Crippen molar-refractivity contribution in [3.8, 4) is 5.88 Å². The first kappa shape index (κ1) is 17.2. The van der Waals surface area contributed by atoms with Crippen molar-refractivity contribution in [3.63, 3.8) is 0 Å². The fourth-order valence-electron chi connectivity index (χ4n) is 1.80. The van der Waals surface area contributed by atoms with E-state index in [1.807, 2.05) is 27.7 Å². The average Bonchev–Trinajstić information content (AvgIpc) is 2.68. The SMILES string of the molecule is CCOP(=O)(COc1noc(C(C)(C)C)c1C)OCC. The zero-order chi connectivity index (χ0) is 15.4. The topological polar surface area (TPSA) is 70.8 Å². The van der Waals surface area contributed by atoms with E-state index < -0.39 is 7.60 Å². The molecule has 0 aliphatic rings. The molecule has 0 saturated heterocycles. The van der Waals surface area contributed by atoms with Gasteiger partial charge in [-0.2, -0.15) is 0 Å². The smallest absolute Gasteiger partial charge is 0.367 e. The van der Waals surface area contributed by atoms with Crippen LogP contribution in [0.1, 0.15) is 45.9 Å². The van der Waals surface area contributed by atoms with Crippen molar-refractivity contribution in [3.05, 3.63) is 11.3 Å². The minimum atomic E-state index is -3.24. The average molecular weight is 305 g/mol. The molecule has 0 spiro atoms. The third-order valence-electron chi connectivity index (χ3n) is 2.57. The van der Waals surface area contributed by atoms with Gasteiger partial charge in [0, 0.05) is 5.41 Å². The molecule has 0 aliphatic carbocycles. The van der Waals surface area contributed by atoms with Crippen LogP contribution in [-0.2, 0) is 19.0 Å². The van der Waals surface area contributed by atoms with E-state index in [1.165, 1.54) is 0 Å². The largest absolute Gasteiger partial charge is 0.462 e. The van der Waals surface area contributed by atoms with Gasteiger partial charge in [0.25, 0.3) is 5.88 Å². The second kappa shape index (κ2) is 6.74. The summed E-state index contributed by atoms with van der Waals surface area (Å²) in [5, 5.41) is 3.88. The van der Waals surface area contributed by atoms with Gasteiger partial charge in [-0.1, -0.05) is 20.8 Å². The first-order chi connectivity index (χ1) is 9.23. The Labute approximate surface area is 120 Å². The van der Waals surface area contributed by atoms with Crippen LogP contribution in [0.2, 0.25) is 0 Å². The maximum Gasteiger partial charge on any atom is 0.367 e. The van der Waals surface area contributed by atoms with Crippen LogP contribution in [0.15, 0.2) is 4.52 Å². The van der Waals surface area contributed by atoms with Crippen molar-refractivity contribution in [1.82, 2.24) is 5.16 Å². The summed E-state index contributed by atoms with van der Waals surface area (Å²) in [4.78, 5) is 0. The zero-order valence-corrected chi connectivity index (χ0v) is 14.0. The molecule has 0 radical (unpaired) electrons. The molecule has 0 fully saturated rings. The summed E-state index contributed by atoms with van der Waals surface area (Å²) in [6.07, 6.45) is -0.175. The molecule has 0 amide bonds. The lowest BCUT2D eigenvalue weighted by Crippen LogP contribution is -2.11. The lowest BCUT2D eigenvalue weighted by Gasteiger charge is -2.17. The van der Waals surface area contributed by atoms with Crippen molar-refractivity contribution < 1.29 is 22.9 Å². The number of aromatic nitrogens is 1. The molecule has 116 valence electrons. The Kier molecular flexibility index (Phi) is 5.80. The van der Waals surface area contributed by atoms with Gasteiger partial charge in [-0.25, -0.2) is 0 Å². The zero-order valence-electron chi connectivity index (χ0n) is 13.1. The third kappa shape index (κ3) is 4.33. The minimum Gasteiger partial charge on any atom is -0.462 e. The van der Waals surface area contributed by atoms with Crippen LogP contribution < -0.4 is 4.74 Å². The molecule has 0 unspecified atom stereocenters. The summed E-state index contributed by atoms with van der Waals surface area (Å²) in [6.45, 7) is 12.0. The first-order valence-corrected chi connectivity index (χ1v) is 8.44. The highest BCUT2D eigenvalue weighted by Crippen LogP contribution is 2.48. The summed E-state index contributed by atoms with van der Waals surface area (Å²) < 4.78 is 33.3. The van der Waals surface area contributed by atoms with Crippen LogP contribution in [-0.4, -0.2) is 24.7 Å². The van der Waals surface area contributed by atoms with Gasteiger partial charge in [0.2, 0.25) is 0 Å². The molecule has 1 rings (SSSR count). The van der Waals surface area contributed by atoms with E-state index in [0.29, 0.717) is 19.1 Å². The van der Waals surface area contributed by atoms with E-state index in [4.69, 9.17) is 18.3 Å². The molecule has 0 N–H and O–H groups in total. The predicted molar refractivity (Wildman–Crippen MR) is 76.3 cm³/mol. The fraction of sp³-hybridized carbons (Fsp3) is 0.769. The Bertz CT molecular complexity index is 468. The molecule has 1 aromatic heterocycles. The maximum absolute atomic E-state index is 12.3. The van der Waals surface area contributed by atoms with Gasteiger partial charge in [0.1, 0.15) is 5.76 Å². The second-order valence-electron chi connectivity index (χ2n) is 5.41. The molecule has 6 nitrogen and oxygen atoms in total. The Morgan fingerprint density at radius 3 is 2.15 bits per heavy atom. The Balaban J connectivity index is 2.79. The van der Waals surface area contributed by atoms with E-state index in [-0.39, 0.29) is 11.8 Å². The number of hydrogen-bond donors (Lipinski definition) is 0. The van der Waals surface area contributed by atoms with Gasteiger partial charge in [-0.05, 0) is 25.9 Å². The van der Waals surface area contributed by atoms with E-state index in [2.05, 4.69) is 5.16 Å². The molecular weight excluding hydrogens is 281 g/mol. The Morgan fingerprint density at radius 2 is 1.75 bits per heavy atom. The predicted octanol–water partition coefficient (Wildman–Crippen LogP) is 3.88. The number of ether oxygens (including phenoxy) is 1. The normalized spacial score (nSPS) is 12.7. The van der Waals surface area contributed by atoms with Gasteiger partial charge in [0.05, 0.1) is 18.8 Å². The lowest BCUT2D eigenvalue weighted by molar-refractivity contribution is 0.192. The highest BCUT2D eigenvalue weighted by atomic mass is 31.2. The number of rotatable bonds is 7. The van der Waals surface area contributed by atoms with Gasteiger partial charge in [0.15, 0.2) is 6.35 Å². The Morgan fingerprint density at radius 1 is 1.20 bits per heavy atom. The summed E-state index contributed by atoms with van der Waals surface area (Å²) in [5.74, 6) is 1.07. The van der Waals surface area contributed by atoms with Crippen molar-refractivity contribution in [1.29, 1.82) is 0 Å². The molecule has 7 heteroatoms. The van der Waals surface area contributed by atoms with Crippen LogP contribution in [0.25, 0.3) is 0 Å². The lowest BCUT2D eigenvalue weighted by atomic mass is 9.91. The minimum absolute atomic E-state index is 0.164. The van der Waals surface area contributed by atoms with Gasteiger partial charge in [-0.15, -0.1) is 0 Å². The third-order valence-corrected chi connectivity index (χ3v) is 4.32. The van der Waals surface area contributed by atoms with E-state index >= 15 is 0 Å². The summed E-state index contributed by atoms with van der Waals surface area (Å²) in [5.41, 5.74) is 0.638.